The molecular weight excluding hydrogens is 291 g/mol. The van der Waals surface area contributed by atoms with E-state index in [9.17, 15) is 9.18 Å². The van der Waals surface area contributed by atoms with Crippen LogP contribution in [-0.2, 0) is 0 Å². The Labute approximate surface area is 105 Å². The first-order valence-corrected chi connectivity index (χ1v) is 5.54. The number of nitrogens with one attached hydrogen (secondary N) is 1. The topological polar surface area (TPSA) is 55.0 Å². The molecule has 0 saturated heterocycles. The fourth-order valence-corrected chi connectivity index (χ4v) is 1.53. The van der Waals surface area contributed by atoms with Crippen molar-refractivity contribution in [2.45, 2.75) is 6.92 Å². The van der Waals surface area contributed by atoms with Crippen molar-refractivity contribution in [3.05, 3.63) is 50.7 Å². The van der Waals surface area contributed by atoms with Crippen molar-refractivity contribution < 1.29 is 9.13 Å². The quantitative estimate of drug-likeness (QED) is 0.927. The number of nitrogens with zero attached hydrogens (tertiary/aromatic N) is 1. The zero-order valence-electron chi connectivity index (χ0n) is 8.83. The third-order valence-electron chi connectivity index (χ3n) is 2.11. The molecule has 2 aromatic rings. The Bertz CT molecular complexity index is 613. The highest BCUT2D eigenvalue weighted by Gasteiger charge is 2.08. The number of hydrogen-bond acceptors (Lipinski definition) is 3. The van der Waals surface area contributed by atoms with Gasteiger partial charge in [0.25, 0.3) is 5.56 Å². The summed E-state index contributed by atoms with van der Waals surface area (Å²) >= 11 is 3.07. The maximum absolute atomic E-state index is 13.0. The zero-order chi connectivity index (χ0) is 12.4. The molecule has 0 amide bonds. The molecule has 1 aromatic heterocycles. The number of aromatic amines is 1. The molecule has 6 heteroatoms. The highest BCUT2D eigenvalue weighted by atomic mass is 79.9. The molecule has 17 heavy (non-hydrogen) atoms. The lowest BCUT2D eigenvalue weighted by atomic mass is 10.2. The summed E-state index contributed by atoms with van der Waals surface area (Å²) in [6.45, 7) is 1.63. The molecule has 0 radical (unpaired) electrons. The van der Waals surface area contributed by atoms with Crippen molar-refractivity contribution in [2.24, 2.45) is 0 Å². The van der Waals surface area contributed by atoms with E-state index in [1.54, 1.807) is 6.92 Å². The standard InChI is InChI=1S/C11H8BrFN2O2/c1-6-4-7(2-3-8(6)13)17-11-9(12)10(16)14-5-15-11/h2-5H,1H3,(H,14,15,16). The van der Waals surface area contributed by atoms with Crippen LogP contribution in [-0.4, -0.2) is 9.97 Å². The molecule has 0 saturated carbocycles. The number of ether oxygens (including phenoxy) is 1. The predicted octanol–water partition coefficient (Wildman–Crippen LogP) is 2.77. The summed E-state index contributed by atoms with van der Waals surface area (Å²) in [6.07, 6.45) is 1.23. The lowest BCUT2D eigenvalue weighted by Crippen LogP contribution is -2.08. The van der Waals surface area contributed by atoms with E-state index in [1.807, 2.05) is 0 Å². The van der Waals surface area contributed by atoms with Gasteiger partial charge >= 0.3 is 0 Å². The van der Waals surface area contributed by atoms with Crippen LogP contribution >= 0.6 is 15.9 Å². The maximum atomic E-state index is 13.0. The molecule has 0 aliphatic heterocycles. The number of halogens is 2. The molecule has 88 valence electrons. The normalized spacial score (nSPS) is 10.3. The molecule has 2 rings (SSSR count). The van der Waals surface area contributed by atoms with Crippen LogP contribution in [0.15, 0.2) is 33.8 Å². The van der Waals surface area contributed by atoms with E-state index >= 15 is 0 Å². The van der Waals surface area contributed by atoms with E-state index in [-0.39, 0.29) is 21.7 Å². The molecular formula is C11H8BrFN2O2. The number of aryl methyl sites for hydroxylation is 1. The van der Waals surface area contributed by atoms with Crippen LogP contribution in [0.5, 0.6) is 11.6 Å². The Morgan fingerprint density at radius 2 is 2.24 bits per heavy atom. The zero-order valence-corrected chi connectivity index (χ0v) is 10.4. The first kappa shape index (κ1) is 11.8. The van der Waals surface area contributed by atoms with E-state index in [1.165, 1.54) is 24.5 Å². The molecule has 1 N–H and O–H groups in total. The van der Waals surface area contributed by atoms with E-state index in [0.29, 0.717) is 11.3 Å². The molecule has 4 nitrogen and oxygen atoms in total. The Morgan fingerprint density at radius 3 is 2.94 bits per heavy atom. The van der Waals surface area contributed by atoms with Gasteiger partial charge < -0.3 is 9.72 Å². The maximum Gasteiger partial charge on any atom is 0.268 e. The van der Waals surface area contributed by atoms with Gasteiger partial charge in [0.1, 0.15) is 16.0 Å². The van der Waals surface area contributed by atoms with Crippen LogP contribution in [0.3, 0.4) is 0 Å². The number of hydrogen-bond donors (Lipinski definition) is 1. The summed E-state index contributed by atoms with van der Waals surface area (Å²) in [7, 11) is 0. The lowest BCUT2D eigenvalue weighted by molar-refractivity contribution is 0.454. The summed E-state index contributed by atoms with van der Waals surface area (Å²) in [6, 6.07) is 4.30. The molecule has 0 unspecified atom stereocenters. The highest BCUT2D eigenvalue weighted by molar-refractivity contribution is 9.10. The number of rotatable bonds is 2. The van der Waals surface area contributed by atoms with Gasteiger partial charge in [-0.05, 0) is 46.6 Å². The van der Waals surface area contributed by atoms with Crippen molar-refractivity contribution in [3.63, 3.8) is 0 Å². The van der Waals surface area contributed by atoms with Gasteiger partial charge in [-0.1, -0.05) is 0 Å². The van der Waals surface area contributed by atoms with Crippen LogP contribution in [0, 0.1) is 12.7 Å². The Hall–Kier alpha value is -1.69. The average Bonchev–Trinajstić information content (AvgIpc) is 2.30. The smallest absolute Gasteiger partial charge is 0.268 e. The van der Waals surface area contributed by atoms with Crippen molar-refractivity contribution in [2.75, 3.05) is 0 Å². The first-order valence-electron chi connectivity index (χ1n) is 4.75. The van der Waals surface area contributed by atoms with Gasteiger partial charge in [-0.3, -0.25) is 4.79 Å². The second-order valence-corrected chi connectivity index (χ2v) is 4.16. The minimum Gasteiger partial charge on any atom is -0.438 e. The monoisotopic (exact) mass is 298 g/mol. The minimum atomic E-state index is -0.339. The predicted molar refractivity (Wildman–Crippen MR) is 63.8 cm³/mol. The van der Waals surface area contributed by atoms with Gasteiger partial charge in [-0.2, -0.15) is 0 Å². The molecule has 0 fully saturated rings. The van der Waals surface area contributed by atoms with Gasteiger partial charge in [0.05, 0.1) is 6.33 Å². The summed E-state index contributed by atoms with van der Waals surface area (Å²) in [5.74, 6) is 0.248. The number of aromatic nitrogens is 2. The van der Waals surface area contributed by atoms with Crippen LogP contribution in [0.1, 0.15) is 5.56 Å². The molecule has 0 aliphatic carbocycles. The van der Waals surface area contributed by atoms with Gasteiger partial charge in [-0.25, -0.2) is 9.37 Å². The number of benzene rings is 1. The number of H-pyrrole nitrogens is 1. The van der Waals surface area contributed by atoms with Crippen molar-refractivity contribution >= 4 is 15.9 Å². The second-order valence-electron chi connectivity index (χ2n) is 3.36. The van der Waals surface area contributed by atoms with Crippen molar-refractivity contribution in [1.82, 2.24) is 9.97 Å². The summed E-state index contributed by atoms with van der Waals surface area (Å²) in [5, 5.41) is 0. The van der Waals surface area contributed by atoms with Crippen molar-refractivity contribution in [3.8, 4) is 11.6 Å². The van der Waals surface area contributed by atoms with Crippen LogP contribution in [0.25, 0.3) is 0 Å². The van der Waals surface area contributed by atoms with E-state index in [0.717, 1.165) is 0 Å². The summed E-state index contributed by atoms with van der Waals surface area (Å²) < 4.78 is 18.6. The SMILES string of the molecule is Cc1cc(Oc2nc[nH]c(=O)c2Br)ccc1F. The van der Waals surface area contributed by atoms with E-state index in [4.69, 9.17) is 4.74 Å². The Kier molecular flexibility index (Phi) is 3.23. The van der Waals surface area contributed by atoms with Gasteiger partial charge in [0.15, 0.2) is 0 Å². The minimum absolute atomic E-state index is 0.139. The molecule has 1 aromatic carbocycles. The molecule has 0 atom stereocenters. The largest absolute Gasteiger partial charge is 0.438 e. The fraction of sp³-hybridized carbons (Fsp3) is 0.0909. The second kappa shape index (κ2) is 4.67. The first-order chi connectivity index (χ1) is 8.08. The average molecular weight is 299 g/mol. The fourth-order valence-electron chi connectivity index (χ4n) is 1.23. The van der Waals surface area contributed by atoms with Crippen LogP contribution in [0.4, 0.5) is 4.39 Å². The third-order valence-corrected chi connectivity index (χ3v) is 2.81. The van der Waals surface area contributed by atoms with Gasteiger partial charge in [0, 0.05) is 0 Å². The van der Waals surface area contributed by atoms with Gasteiger partial charge in [-0.15, -0.1) is 0 Å². The van der Waals surface area contributed by atoms with Crippen molar-refractivity contribution in [1.29, 1.82) is 0 Å². The van der Waals surface area contributed by atoms with E-state index in [2.05, 4.69) is 25.9 Å². The van der Waals surface area contributed by atoms with E-state index < -0.39 is 0 Å². The lowest BCUT2D eigenvalue weighted by Gasteiger charge is -2.06. The van der Waals surface area contributed by atoms with Crippen LogP contribution in [0.2, 0.25) is 0 Å². The Morgan fingerprint density at radius 1 is 1.47 bits per heavy atom. The van der Waals surface area contributed by atoms with Gasteiger partial charge in [0.2, 0.25) is 5.88 Å². The summed E-state index contributed by atoms with van der Waals surface area (Å²) in [5.41, 5.74) is 0.122. The molecule has 0 spiro atoms. The summed E-state index contributed by atoms with van der Waals surface area (Å²) in [4.78, 5) is 17.5. The molecule has 1 heterocycles. The highest BCUT2D eigenvalue weighted by Crippen LogP contribution is 2.25. The molecule has 0 bridgehead atoms. The Balaban J connectivity index is 2.35. The van der Waals surface area contributed by atoms with Crippen LogP contribution < -0.4 is 10.3 Å². The third kappa shape index (κ3) is 2.52. The molecule has 0 aliphatic rings.